The van der Waals surface area contributed by atoms with E-state index in [1.54, 1.807) is 24.9 Å². The molecule has 2 aliphatic rings. The Hall–Kier alpha value is -3.81. The minimum atomic E-state index is -0.188. The van der Waals surface area contributed by atoms with Crippen molar-refractivity contribution in [1.82, 2.24) is 4.57 Å². The number of hydrogen-bond acceptors (Lipinski definition) is 6. The van der Waals surface area contributed by atoms with Crippen molar-refractivity contribution in [3.8, 4) is 11.5 Å². The van der Waals surface area contributed by atoms with Crippen molar-refractivity contribution in [2.24, 2.45) is 4.99 Å². The summed E-state index contributed by atoms with van der Waals surface area (Å²) in [6, 6.07) is 22.5. The van der Waals surface area contributed by atoms with Crippen molar-refractivity contribution in [2.75, 3.05) is 20.0 Å². The first-order valence-corrected chi connectivity index (χ1v) is 14.8. The number of aryl methyl sites for hydroxylation is 1. The van der Waals surface area contributed by atoms with Gasteiger partial charge in [-0.2, -0.15) is 0 Å². The van der Waals surface area contributed by atoms with Gasteiger partial charge in [0, 0.05) is 10.5 Å². The molecule has 4 aromatic rings. The number of thioether (sulfide) groups is 1. The van der Waals surface area contributed by atoms with Gasteiger partial charge in [-0.1, -0.05) is 66.5 Å². The van der Waals surface area contributed by atoms with Crippen LogP contribution in [-0.2, 0) is 6.42 Å². The number of methoxy groups -OCH3 is 1. The third kappa shape index (κ3) is 4.66. The summed E-state index contributed by atoms with van der Waals surface area (Å²) in [6.07, 6.45) is 7.49. The molecule has 196 valence electrons. The molecule has 3 aromatic carbocycles. The van der Waals surface area contributed by atoms with Crippen molar-refractivity contribution >= 4 is 34.9 Å². The zero-order valence-electron chi connectivity index (χ0n) is 21.8. The molecule has 7 heteroatoms. The van der Waals surface area contributed by atoms with Crippen LogP contribution in [0.15, 0.2) is 99.6 Å². The van der Waals surface area contributed by atoms with E-state index in [0.717, 1.165) is 34.5 Å². The third-order valence-electron chi connectivity index (χ3n) is 7.15. The second kappa shape index (κ2) is 10.8. The van der Waals surface area contributed by atoms with E-state index in [9.17, 15) is 4.79 Å². The lowest BCUT2D eigenvalue weighted by Crippen LogP contribution is -2.38. The lowest BCUT2D eigenvalue weighted by molar-refractivity contribution is 0.326. The average Bonchev–Trinajstić information content (AvgIpc) is 3.29. The molecule has 2 heterocycles. The molecule has 1 atom stereocenters. The predicted molar refractivity (Wildman–Crippen MR) is 160 cm³/mol. The molecule has 0 N–H and O–H groups in total. The Morgan fingerprint density at radius 2 is 1.92 bits per heavy atom. The number of hydrogen-bond donors (Lipinski definition) is 0. The van der Waals surface area contributed by atoms with Gasteiger partial charge in [-0.05, 0) is 71.7 Å². The quantitative estimate of drug-likeness (QED) is 0.221. The van der Waals surface area contributed by atoms with E-state index >= 15 is 0 Å². The molecule has 0 bridgehead atoms. The molecule has 1 aliphatic heterocycles. The van der Waals surface area contributed by atoms with E-state index < -0.39 is 0 Å². The van der Waals surface area contributed by atoms with Crippen LogP contribution in [0.1, 0.15) is 34.7 Å². The number of allylic oxidation sites excluding steroid dienone is 1. The van der Waals surface area contributed by atoms with Gasteiger partial charge in [-0.3, -0.25) is 9.36 Å². The Kier molecular flexibility index (Phi) is 7.02. The molecule has 0 saturated heterocycles. The topological polar surface area (TPSA) is 52.8 Å². The van der Waals surface area contributed by atoms with Gasteiger partial charge in [0.25, 0.3) is 5.56 Å². The lowest BCUT2D eigenvalue weighted by atomic mass is 9.83. The van der Waals surface area contributed by atoms with E-state index in [4.69, 9.17) is 14.5 Å². The molecule has 0 spiro atoms. The fourth-order valence-electron chi connectivity index (χ4n) is 5.30. The summed E-state index contributed by atoms with van der Waals surface area (Å²) in [6.45, 7) is 4.09. The van der Waals surface area contributed by atoms with Crippen molar-refractivity contribution in [2.45, 2.75) is 23.8 Å². The second-order valence-corrected chi connectivity index (χ2v) is 11.3. The molecule has 0 radical (unpaired) electrons. The van der Waals surface area contributed by atoms with Crippen LogP contribution in [0.2, 0.25) is 0 Å². The largest absolute Gasteiger partial charge is 0.493 e. The van der Waals surface area contributed by atoms with Gasteiger partial charge in [0.2, 0.25) is 0 Å². The molecule has 1 aliphatic carbocycles. The van der Waals surface area contributed by atoms with Crippen LogP contribution in [0.5, 0.6) is 11.5 Å². The minimum absolute atomic E-state index is 0.0333. The Morgan fingerprint density at radius 3 is 2.69 bits per heavy atom. The van der Waals surface area contributed by atoms with E-state index in [1.807, 2.05) is 28.8 Å². The van der Waals surface area contributed by atoms with Crippen molar-refractivity contribution < 1.29 is 9.47 Å². The van der Waals surface area contributed by atoms with Crippen molar-refractivity contribution in [1.29, 1.82) is 0 Å². The van der Waals surface area contributed by atoms with E-state index in [-0.39, 0.29) is 11.6 Å². The molecule has 0 fully saturated rings. The maximum Gasteiger partial charge on any atom is 0.271 e. The fraction of sp³-hybridized carbons (Fsp3) is 0.188. The molecule has 1 aromatic heterocycles. The van der Waals surface area contributed by atoms with Gasteiger partial charge in [0.05, 0.1) is 23.4 Å². The van der Waals surface area contributed by atoms with Gasteiger partial charge in [0.15, 0.2) is 16.3 Å². The van der Waals surface area contributed by atoms with E-state index in [0.29, 0.717) is 22.6 Å². The fourth-order valence-corrected chi connectivity index (χ4v) is 6.71. The molecule has 5 nitrogen and oxygen atoms in total. The highest BCUT2D eigenvalue weighted by Gasteiger charge is 2.32. The van der Waals surface area contributed by atoms with Crippen LogP contribution in [0.25, 0.3) is 11.8 Å². The second-order valence-electron chi connectivity index (χ2n) is 9.40. The lowest BCUT2D eigenvalue weighted by Gasteiger charge is -2.30. The SMILES string of the molecule is C=CCOc1ccc(C=c2sc3n(c2=O)C(c2ccc(SC)cc2)C2=C(N=3)c3ccccc3CC2)cc1OC. The summed E-state index contributed by atoms with van der Waals surface area (Å²) < 4.78 is 13.7. The zero-order valence-corrected chi connectivity index (χ0v) is 23.5. The average molecular weight is 553 g/mol. The van der Waals surface area contributed by atoms with Crippen LogP contribution in [0, 0.1) is 0 Å². The highest BCUT2D eigenvalue weighted by atomic mass is 32.2. The van der Waals surface area contributed by atoms with Gasteiger partial charge in [-0.15, -0.1) is 11.8 Å². The first kappa shape index (κ1) is 25.5. The summed E-state index contributed by atoms with van der Waals surface area (Å²) in [5.41, 5.74) is 6.62. The highest BCUT2D eigenvalue weighted by molar-refractivity contribution is 7.98. The number of benzene rings is 3. The number of thiazole rings is 1. The first-order chi connectivity index (χ1) is 19.1. The number of aromatic nitrogens is 1. The smallest absolute Gasteiger partial charge is 0.271 e. The molecule has 0 saturated carbocycles. The maximum atomic E-state index is 14.0. The summed E-state index contributed by atoms with van der Waals surface area (Å²) >= 11 is 3.14. The minimum Gasteiger partial charge on any atom is -0.493 e. The maximum absolute atomic E-state index is 14.0. The van der Waals surface area contributed by atoms with Crippen molar-refractivity contribution in [3.05, 3.63) is 127 Å². The standard InChI is InChI=1S/C32H28N2O3S2/c1-4-17-37-26-16-9-20(18-27(26)36-2)19-28-31(35)34-30(22-10-13-23(38-3)14-11-22)25-15-12-21-7-5-6-8-24(21)29(25)33-32(34)39-28/h4-11,13-14,16,18-19,30H,1,12,15,17H2,2-3H3. The van der Waals surface area contributed by atoms with Crippen LogP contribution in [0.4, 0.5) is 0 Å². The number of nitrogens with zero attached hydrogens (tertiary/aromatic N) is 2. The number of ether oxygens (including phenoxy) is 2. The highest BCUT2D eigenvalue weighted by Crippen LogP contribution is 2.41. The van der Waals surface area contributed by atoms with Gasteiger partial charge in [-0.25, -0.2) is 4.99 Å². The van der Waals surface area contributed by atoms with Crippen LogP contribution in [0.3, 0.4) is 0 Å². The van der Waals surface area contributed by atoms with Crippen LogP contribution < -0.4 is 24.4 Å². The van der Waals surface area contributed by atoms with Crippen molar-refractivity contribution in [3.63, 3.8) is 0 Å². The zero-order chi connectivity index (χ0) is 26.9. The molecule has 6 rings (SSSR count). The summed E-state index contributed by atoms with van der Waals surface area (Å²) in [7, 11) is 1.61. The Bertz CT molecular complexity index is 1780. The van der Waals surface area contributed by atoms with E-state index in [1.165, 1.54) is 32.9 Å². The molecular weight excluding hydrogens is 524 g/mol. The Morgan fingerprint density at radius 1 is 1.10 bits per heavy atom. The number of rotatable bonds is 7. The molecular formula is C32H28N2O3S2. The molecule has 0 amide bonds. The predicted octanol–water partition coefficient (Wildman–Crippen LogP) is 5.61. The first-order valence-electron chi connectivity index (χ1n) is 12.8. The summed E-state index contributed by atoms with van der Waals surface area (Å²) in [5, 5.41) is 0. The molecule has 1 unspecified atom stereocenters. The Labute approximate surface area is 235 Å². The van der Waals surface area contributed by atoms with Gasteiger partial charge in [0.1, 0.15) is 6.61 Å². The van der Waals surface area contributed by atoms with Crippen LogP contribution >= 0.6 is 23.1 Å². The third-order valence-corrected chi connectivity index (χ3v) is 8.87. The summed E-state index contributed by atoms with van der Waals surface area (Å²) in [5.74, 6) is 1.24. The van der Waals surface area contributed by atoms with E-state index in [2.05, 4.69) is 61.4 Å². The monoisotopic (exact) mass is 552 g/mol. The Balaban J connectivity index is 1.53. The summed E-state index contributed by atoms with van der Waals surface area (Å²) in [4.78, 5) is 21.0. The number of fused-ring (bicyclic) bond motifs is 3. The van der Waals surface area contributed by atoms with Gasteiger partial charge >= 0.3 is 0 Å². The molecule has 39 heavy (non-hydrogen) atoms. The van der Waals surface area contributed by atoms with Gasteiger partial charge < -0.3 is 9.47 Å². The van der Waals surface area contributed by atoms with Crippen LogP contribution in [-0.4, -0.2) is 24.5 Å². The normalized spacial score (nSPS) is 16.2.